The third kappa shape index (κ3) is 6.17. The molecule has 0 aliphatic carbocycles. The predicted octanol–water partition coefficient (Wildman–Crippen LogP) is 2.89. The second kappa shape index (κ2) is 10.8. The second-order valence-corrected chi connectivity index (χ2v) is 7.97. The Bertz CT molecular complexity index is 907. The number of alkyl halides is 2. The van der Waals surface area contributed by atoms with Gasteiger partial charge in [-0.1, -0.05) is 30.3 Å². The number of urea groups is 1. The minimum absolute atomic E-state index is 0.0805. The van der Waals surface area contributed by atoms with Crippen LogP contribution in [0.3, 0.4) is 0 Å². The van der Waals surface area contributed by atoms with Crippen molar-refractivity contribution >= 4 is 35.3 Å². The van der Waals surface area contributed by atoms with Crippen LogP contribution in [-0.4, -0.2) is 53.8 Å². The van der Waals surface area contributed by atoms with Gasteiger partial charge in [0.25, 0.3) is 5.91 Å². The second-order valence-electron chi connectivity index (χ2n) is 6.74. The first-order valence-electron chi connectivity index (χ1n) is 9.62. The number of hydrazine groups is 1. The first-order valence-corrected chi connectivity index (χ1v) is 10.8. The smallest absolute Gasteiger partial charge is 0.323 e. The molecule has 1 saturated heterocycles. The average molecular weight is 448 g/mol. The Morgan fingerprint density at radius 3 is 2.23 bits per heavy atom. The Balaban J connectivity index is 1.70. The van der Waals surface area contributed by atoms with Crippen LogP contribution >= 0.6 is 11.8 Å². The van der Waals surface area contributed by atoms with Gasteiger partial charge in [0.2, 0.25) is 0 Å². The predicted molar refractivity (Wildman–Crippen MR) is 115 cm³/mol. The van der Waals surface area contributed by atoms with Crippen LogP contribution in [-0.2, 0) is 11.3 Å². The highest BCUT2D eigenvalue weighted by Crippen LogP contribution is 2.21. The summed E-state index contributed by atoms with van der Waals surface area (Å²) in [5.41, 5.74) is 5.33. The SMILES string of the molecule is O=C(NNC(=O)C(F)F)c1ccc(CN(C(=O)N2CCSCC2)c2ccccc2)cc1. The summed E-state index contributed by atoms with van der Waals surface area (Å²) in [5.74, 6) is -0.499. The van der Waals surface area contributed by atoms with Crippen LogP contribution in [0.1, 0.15) is 15.9 Å². The Hall–Kier alpha value is -3.14. The molecular formula is C21H22F2N4O3S. The molecule has 3 rings (SSSR count). The van der Waals surface area contributed by atoms with Gasteiger partial charge in [0.15, 0.2) is 0 Å². The highest BCUT2D eigenvalue weighted by molar-refractivity contribution is 7.99. The minimum atomic E-state index is -3.22. The van der Waals surface area contributed by atoms with Gasteiger partial charge in [-0.15, -0.1) is 0 Å². The molecule has 2 aromatic carbocycles. The standard InChI is InChI=1S/C21H22F2N4O3S/c22-18(23)20(29)25-24-19(28)16-8-6-15(7-9-16)14-27(17-4-2-1-3-5-17)21(30)26-10-12-31-13-11-26/h1-9,18H,10-14H2,(H,24,28)(H,25,29). The van der Waals surface area contributed by atoms with Crippen LogP contribution in [0.15, 0.2) is 54.6 Å². The monoisotopic (exact) mass is 448 g/mol. The highest BCUT2D eigenvalue weighted by Gasteiger charge is 2.24. The van der Waals surface area contributed by atoms with Gasteiger partial charge in [-0.25, -0.2) is 4.79 Å². The molecule has 0 bridgehead atoms. The number of hydrogen-bond donors (Lipinski definition) is 2. The van der Waals surface area contributed by atoms with Crippen molar-refractivity contribution in [3.63, 3.8) is 0 Å². The number of thioether (sulfide) groups is 1. The highest BCUT2D eigenvalue weighted by atomic mass is 32.2. The number of halogens is 2. The zero-order valence-electron chi connectivity index (χ0n) is 16.6. The van der Waals surface area contributed by atoms with Crippen molar-refractivity contribution in [3.05, 3.63) is 65.7 Å². The normalized spacial score (nSPS) is 13.6. The van der Waals surface area contributed by atoms with Gasteiger partial charge in [0.05, 0.1) is 6.54 Å². The van der Waals surface area contributed by atoms with Crippen molar-refractivity contribution < 1.29 is 23.2 Å². The van der Waals surface area contributed by atoms with Crippen molar-refractivity contribution in [2.24, 2.45) is 0 Å². The number of nitrogens with one attached hydrogen (secondary N) is 2. The Kier molecular flexibility index (Phi) is 7.82. The number of carbonyl (C=O) groups excluding carboxylic acids is 3. The lowest BCUT2D eigenvalue weighted by molar-refractivity contribution is -0.132. The molecule has 2 aromatic rings. The van der Waals surface area contributed by atoms with Gasteiger partial charge < -0.3 is 4.90 Å². The Labute approximate surface area is 182 Å². The molecule has 0 atom stereocenters. The van der Waals surface area contributed by atoms with Gasteiger partial charge >= 0.3 is 18.4 Å². The molecular weight excluding hydrogens is 426 g/mol. The van der Waals surface area contributed by atoms with E-state index < -0.39 is 18.2 Å². The lowest BCUT2D eigenvalue weighted by Gasteiger charge is -2.33. The number of rotatable bonds is 5. The van der Waals surface area contributed by atoms with Crippen molar-refractivity contribution in [3.8, 4) is 0 Å². The summed E-state index contributed by atoms with van der Waals surface area (Å²) in [7, 11) is 0. The van der Waals surface area contributed by atoms with Gasteiger partial charge in [0, 0.05) is 35.8 Å². The Morgan fingerprint density at radius 2 is 1.61 bits per heavy atom. The van der Waals surface area contributed by atoms with Crippen molar-refractivity contribution in [1.82, 2.24) is 15.8 Å². The van der Waals surface area contributed by atoms with E-state index in [-0.39, 0.29) is 11.6 Å². The maximum atomic E-state index is 13.2. The summed E-state index contributed by atoms with van der Waals surface area (Å²) in [4.78, 5) is 39.5. The van der Waals surface area contributed by atoms with E-state index in [9.17, 15) is 23.2 Å². The first kappa shape index (κ1) is 22.5. The summed E-state index contributed by atoms with van der Waals surface area (Å²) in [6.45, 7) is 1.68. The number of amides is 4. The van der Waals surface area contributed by atoms with E-state index in [1.807, 2.05) is 52.4 Å². The molecule has 0 aromatic heterocycles. The maximum Gasteiger partial charge on any atom is 0.324 e. The zero-order valence-corrected chi connectivity index (χ0v) is 17.4. The van der Waals surface area contributed by atoms with Crippen LogP contribution in [0.25, 0.3) is 0 Å². The van der Waals surface area contributed by atoms with Crippen molar-refractivity contribution in [1.29, 1.82) is 0 Å². The Morgan fingerprint density at radius 1 is 0.968 bits per heavy atom. The van der Waals surface area contributed by atoms with Gasteiger partial charge in [-0.2, -0.15) is 20.5 Å². The summed E-state index contributed by atoms with van der Waals surface area (Å²) < 4.78 is 24.4. The van der Waals surface area contributed by atoms with E-state index >= 15 is 0 Å². The number of hydrogen-bond acceptors (Lipinski definition) is 4. The van der Waals surface area contributed by atoms with Crippen molar-refractivity contribution in [2.45, 2.75) is 13.0 Å². The van der Waals surface area contributed by atoms with E-state index in [1.165, 1.54) is 12.1 Å². The van der Waals surface area contributed by atoms with Gasteiger partial charge in [0.1, 0.15) is 0 Å². The fourth-order valence-electron chi connectivity index (χ4n) is 2.99. The van der Waals surface area contributed by atoms with Gasteiger partial charge in [-0.3, -0.25) is 25.3 Å². The summed E-state index contributed by atoms with van der Waals surface area (Å²) >= 11 is 1.82. The third-order valence-electron chi connectivity index (χ3n) is 4.63. The lowest BCUT2D eigenvalue weighted by atomic mass is 10.1. The number of anilines is 1. The van der Waals surface area contributed by atoms with E-state index in [2.05, 4.69) is 0 Å². The summed E-state index contributed by atoms with van der Waals surface area (Å²) in [6, 6.07) is 15.6. The molecule has 164 valence electrons. The van der Waals surface area contributed by atoms with Crippen LogP contribution in [0, 0.1) is 0 Å². The van der Waals surface area contributed by atoms with E-state index in [0.29, 0.717) is 19.6 Å². The molecule has 10 heteroatoms. The molecule has 1 fully saturated rings. The average Bonchev–Trinajstić information content (AvgIpc) is 2.81. The third-order valence-corrected chi connectivity index (χ3v) is 5.58. The van der Waals surface area contributed by atoms with Crippen molar-refractivity contribution in [2.75, 3.05) is 29.5 Å². The molecule has 4 amide bonds. The van der Waals surface area contributed by atoms with Crippen LogP contribution in [0.2, 0.25) is 0 Å². The molecule has 0 radical (unpaired) electrons. The lowest BCUT2D eigenvalue weighted by Crippen LogP contribution is -2.46. The maximum absolute atomic E-state index is 13.2. The number of carbonyl (C=O) groups is 3. The summed E-state index contributed by atoms with van der Waals surface area (Å²) in [5, 5.41) is 0. The number of nitrogens with zero attached hydrogens (tertiary/aromatic N) is 2. The van der Waals surface area contributed by atoms with Gasteiger partial charge in [-0.05, 0) is 29.8 Å². The van der Waals surface area contributed by atoms with E-state index in [1.54, 1.807) is 22.5 Å². The quantitative estimate of drug-likeness (QED) is 0.690. The molecule has 1 aliphatic rings. The molecule has 1 aliphatic heterocycles. The molecule has 2 N–H and O–H groups in total. The molecule has 7 nitrogen and oxygen atoms in total. The van der Waals surface area contributed by atoms with E-state index in [4.69, 9.17) is 0 Å². The van der Waals surface area contributed by atoms with Crippen LogP contribution < -0.4 is 15.8 Å². The summed E-state index contributed by atoms with van der Waals surface area (Å²) in [6.07, 6.45) is -3.22. The fourth-order valence-corrected chi connectivity index (χ4v) is 3.89. The van der Waals surface area contributed by atoms with E-state index in [0.717, 1.165) is 22.8 Å². The largest absolute Gasteiger partial charge is 0.324 e. The first-order chi connectivity index (χ1) is 15.0. The molecule has 31 heavy (non-hydrogen) atoms. The molecule has 0 unspecified atom stereocenters. The topological polar surface area (TPSA) is 81.8 Å². The van der Waals surface area contributed by atoms with Crippen LogP contribution in [0.4, 0.5) is 19.3 Å². The fraction of sp³-hybridized carbons (Fsp3) is 0.286. The molecule has 1 heterocycles. The van der Waals surface area contributed by atoms with Crippen LogP contribution in [0.5, 0.6) is 0 Å². The molecule has 0 saturated carbocycles. The molecule has 0 spiro atoms. The number of benzene rings is 2. The minimum Gasteiger partial charge on any atom is -0.323 e. The zero-order chi connectivity index (χ0) is 22.2. The number of para-hydroxylation sites is 1.